The van der Waals surface area contributed by atoms with Gasteiger partial charge in [0.25, 0.3) is 0 Å². The van der Waals surface area contributed by atoms with Crippen LogP contribution in [0.5, 0.6) is 0 Å². The summed E-state index contributed by atoms with van der Waals surface area (Å²) < 4.78 is 8.55. The Hall–Kier alpha value is 4.71. The third-order valence-electron chi connectivity index (χ3n) is 0. The van der Waals surface area contributed by atoms with E-state index in [0.717, 1.165) is 0 Å². The summed E-state index contributed by atoms with van der Waals surface area (Å²) in [4.78, 5) is 25.6. The molecule has 4 nitrogen and oxygen atoms in total. The van der Waals surface area contributed by atoms with Gasteiger partial charge in [-0.3, -0.25) is 0 Å². The van der Waals surface area contributed by atoms with E-state index >= 15 is 0 Å². The zero-order valence-corrected chi connectivity index (χ0v) is 17.2. The van der Waals surface area contributed by atoms with Gasteiger partial charge in [0.1, 0.15) is 0 Å². The third kappa shape index (κ3) is 107. The van der Waals surface area contributed by atoms with Gasteiger partial charge in [-0.1, -0.05) is 0 Å². The molecular formula is Al3Na3O4P. The van der Waals surface area contributed by atoms with E-state index in [1.165, 1.54) is 0 Å². The predicted octanol–water partition coefficient (Wildman–Crippen LogP) is -13.0. The van der Waals surface area contributed by atoms with Gasteiger partial charge < -0.3 is 19.2 Å². The average Bonchev–Trinajstić information content (AvgIpc) is 0.722. The summed E-state index contributed by atoms with van der Waals surface area (Å²) in [6.07, 6.45) is 0. The topological polar surface area (TPSA) is 86.2 Å². The fourth-order valence-corrected chi connectivity index (χ4v) is 0. The van der Waals surface area contributed by atoms with Crippen molar-refractivity contribution in [2.75, 3.05) is 0 Å². The van der Waals surface area contributed by atoms with E-state index < -0.39 is 7.82 Å². The number of phosphoric acid groups is 1. The molecule has 0 bridgehead atoms. The van der Waals surface area contributed by atoms with Crippen molar-refractivity contribution >= 4 is 59.9 Å². The van der Waals surface area contributed by atoms with Crippen LogP contribution in [0.15, 0.2) is 0 Å². The second-order valence-corrected chi connectivity index (χ2v) is 1.34. The SMILES string of the molecule is O=P([O-])([O-])[O-].[Al].[Al].[Al].[Na+].[Na+].[Na+]. The van der Waals surface area contributed by atoms with E-state index in [1.807, 2.05) is 0 Å². The minimum absolute atomic E-state index is 0. The summed E-state index contributed by atoms with van der Waals surface area (Å²) in [7, 11) is -5.39. The van der Waals surface area contributed by atoms with E-state index in [4.69, 9.17) is 19.2 Å². The van der Waals surface area contributed by atoms with Crippen LogP contribution in [-0.2, 0) is 4.57 Å². The van der Waals surface area contributed by atoms with Crippen LogP contribution in [0.1, 0.15) is 0 Å². The van der Waals surface area contributed by atoms with Crippen LogP contribution in [0.4, 0.5) is 0 Å². The fourth-order valence-electron chi connectivity index (χ4n) is 0. The van der Waals surface area contributed by atoms with Crippen LogP contribution >= 0.6 is 7.82 Å². The van der Waals surface area contributed by atoms with Crippen LogP contribution < -0.4 is 103 Å². The van der Waals surface area contributed by atoms with Crippen LogP contribution in [0.25, 0.3) is 0 Å². The van der Waals surface area contributed by atoms with Crippen molar-refractivity contribution in [1.82, 2.24) is 0 Å². The first-order valence-electron chi connectivity index (χ1n) is 0.730. The zero-order chi connectivity index (χ0) is 4.50. The Balaban J connectivity index is -0.00000000533. The molecule has 0 amide bonds. The molecule has 0 heterocycles. The molecule has 0 rings (SSSR count). The molecule has 0 fully saturated rings. The van der Waals surface area contributed by atoms with Gasteiger partial charge in [-0.2, -0.15) is 7.82 Å². The van der Waals surface area contributed by atoms with Gasteiger partial charge in [0.2, 0.25) is 0 Å². The predicted molar refractivity (Wildman–Crippen MR) is 24.9 cm³/mol. The first-order valence-corrected chi connectivity index (χ1v) is 2.19. The standard InChI is InChI=1S/3Al.3Na.H3O4P/c;;;;;;1-5(2,3)4/h;;;;;;(H3,1,2,3,4)/q;;;3*+1;/p-3. The van der Waals surface area contributed by atoms with Crippen molar-refractivity contribution < 1.29 is 108 Å². The molecular weight excluding hydrogens is 245 g/mol. The molecule has 11 heavy (non-hydrogen) atoms. The number of rotatable bonds is 0. The van der Waals surface area contributed by atoms with Gasteiger partial charge in [0.15, 0.2) is 0 Å². The molecule has 11 heteroatoms. The molecule has 0 aromatic carbocycles. The summed E-state index contributed by atoms with van der Waals surface area (Å²) in [5.41, 5.74) is 0. The summed E-state index contributed by atoms with van der Waals surface area (Å²) in [6.45, 7) is 0. The average molecular weight is 245 g/mol. The van der Waals surface area contributed by atoms with E-state index in [0.29, 0.717) is 0 Å². The monoisotopic (exact) mass is 245 g/mol. The Morgan fingerprint density at radius 3 is 0.727 bits per heavy atom. The van der Waals surface area contributed by atoms with Crippen LogP contribution in [0.2, 0.25) is 0 Å². The summed E-state index contributed by atoms with van der Waals surface area (Å²) in [5.74, 6) is 0. The van der Waals surface area contributed by atoms with E-state index in [-0.39, 0.29) is 141 Å². The maximum absolute atomic E-state index is 8.55. The van der Waals surface area contributed by atoms with Crippen molar-refractivity contribution in [1.29, 1.82) is 0 Å². The molecule has 0 aliphatic carbocycles. The molecule has 9 radical (unpaired) electrons. The molecule has 0 unspecified atom stereocenters. The second kappa shape index (κ2) is 24.1. The van der Waals surface area contributed by atoms with Crippen molar-refractivity contribution in [3.8, 4) is 0 Å². The first-order chi connectivity index (χ1) is 2.00. The van der Waals surface area contributed by atoms with Gasteiger partial charge in [-0.15, -0.1) is 0 Å². The molecule has 0 saturated heterocycles. The van der Waals surface area contributed by atoms with Gasteiger partial charge in [-0.05, 0) is 0 Å². The molecule has 0 saturated carbocycles. The van der Waals surface area contributed by atoms with Crippen molar-refractivity contribution in [3.05, 3.63) is 0 Å². The molecule has 0 atom stereocenters. The normalized spacial score (nSPS) is 5.36. The summed E-state index contributed by atoms with van der Waals surface area (Å²) in [5, 5.41) is 0. The van der Waals surface area contributed by atoms with Crippen LogP contribution in [0, 0.1) is 0 Å². The largest absolute Gasteiger partial charge is 1.00 e. The van der Waals surface area contributed by atoms with E-state index in [1.54, 1.807) is 0 Å². The molecule has 0 aliphatic rings. The number of hydrogen-bond donors (Lipinski definition) is 0. The maximum Gasteiger partial charge on any atom is 1.00 e. The molecule has 41 valence electrons. The zero-order valence-electron chi connectivity index (χ0n) is 6.81. The Labute approximate surface area is 164 Å². The van der Waals surface area contributed by atoms with Crippen LogP contribution in [-0.4, -0.2) is 52.1 Å². The minimum Gasteiger partial charge on any atom is -0.822 e. The quantitative estimate of drug-likeness (QED) is 0.313. The smallest absolute Gasteiger partial charge is 0.822 e. The molecule has 0 aliphatic heterocycles. The third-order valence-corrected chi connectivity index (χ3v) is 0. The van der Waals surface area contributed by atoms with E-state index in [9.17, 15) is 0 Å². The maximum atomic E-state index is 8.55. The molecule has 0 spiro atoms. The minimum atomic E-state index is -5.39. The van der Waals surface area contributed by atoms with Crippen LogP contribution in [0.3, 0.4) is 0 Å². The van der Waals surface area contributed by atoms with Gasteiger partial charge >= 0.3 is 88.7 Å². The van der Waals surface area contributed by atoms with Crippen molar-refractivity contribution in [2.24, 2.45) is 0 Å². The molecule has 0 aromatic rings. The Kier molecular flexibility index (Phi) is 98.2. The molecule has 0 N–H and O–H groups in total. The van der Waals surface area contributed by atoms with Crippen molar-refractivity contribution in [2.45, 2.75) is 0 Å². The first kappa shape index (κ1) is 44.8. The van der Waals surface area contributed by atoms with Gasteiger partial charge in [0.05, 0.1) is 0 Å². The second-order valence-electron chi connectivity index (χ2n) is 0.447. The fraction of sp³-hybridized carbons (Fsp3) is 0. The number of hydrogen-bond acceptors (Lipinski definition) is 4. The Morgan fingerprint density at radius 2 is 0.727 bits per heavy atom. The van der Waals surface area contributed by atoms with Gasteiger partial charge in [-0.25, -0.2) is 0 Å². The van der Waals surface area contributed by atoms with Crippen molar-refractivity contribution in [3.63, 3.8) is 0 Å². The summed E-state index contributed by atoms with van der Waals surface area (Å²) in [6, 6.07) is 0. The Morgan fingerprint density at radius 1 is 0.727 bits per heavy atom. The van der Waals surface area contributed by atoms with E-state index in [2.05, 4.69) is 0 Å². The Bertz CT molecular complexity index is 66.7. The van der Waals surface area contributed by atoms with Gasteiger partial charge in [0, 0.05) is 52.1 Å². The molecule has 0 aromatic heterocycles. The summed E-state index contributed by atoms with van der Waals surface area (Å²) >= 11 is 0.